The van der Waals surface area contributed by atoms with Gasteiger partial charge in [-0.1, -0.05) is 23.7 Å². The average molecular weight is 220 g/mol. The lowest BCUT2D eigenvalue weighted by atomic mass is 10.2. The van der Waals surface area contributed by atoms with Crippen LogP contribution in [0.5, 0.6) is 0 Å². The van der Waals surface area contributed by atoms with Crippen LogP contribution in [0.1, 0.15) is 0 Å². The molecule has 0 saturated heterocycles. The molecule has 3 heteroatoms. The molecule has 3 aromatic rings. The summed E-state index contributed by atoms with van der Waals surface area (Å²) in [6.45, 7) is 0. The summed E-state index contributed by atoms with van der Waals surface area (Å²) < 4.78 is 2.39. The van der Waals surface area contributed by atoms with Gasteiger partial charge in [0.2, 0.25) is 0 Å². The molecule has 0 fully saturated rings. The van der Waals surface area contributed by atoms with Crippen molar-refractivity contribution in [3.8, 4) is 0 Å². The minimum Gasteiger partial charge on any atom is -0.264 e. The molecule has 0 saturated carbocycles. The van der Waals surface area contributed by atoms with Crippen LogP contribution >= 0.6 is 22.9 Å². The Kier molecular flexibility index (Phi) is 1.72. The fourth-order valence-electron chi connectivity index (χ4n) is 1.61. The zero-order valence-corrected chi connectivity index (χ0v) is 8.77. The molecule has 1 nitrogen and oxygen atoms in total. The number of fused-ring (bicyclic) bond motifs is 3. The highest BCUT2D eigenvalue weighted by atomic mass is 35.5. The Hall–Kier alpha value is -1.12. The largest absolute Gasteiger partial charge is 0.264 e. The van der Waals surface area contributed by atoms with Crippen LogP contribution in [0.4, 0.5) is 0 Å². The number of thiophene rings is 1. The highest BCUT2D eigenvalue weighted by Crippen LogP contribution is 2.36. The monoisotopic (exact) mass is 219 g/mol. The van der Waals surface area contributed by atoms with Crippen LogP contribution in [0.15, 0.2) is 36.7 Å². The Balaban J connectivity index is 2.63. The van der Waals surface area contributed by atoms with Crippen molar-refractivity contribution in [1.82, 2.24) is 4.98 Å². The van der Waals surface area contributed by atoms with Crippen molar-refractivity contribution in [2.75, 3.05) is 0 Å². The molecular weight excluding hydrogens is 214 g/mol. The molecule has 2 aromatic heterocycles. The van der Waals surface area contributed by atoms with Crippen molar-refractivity contribution in [1.29, 1.82) is 0 Å². The molecular formula is C11H6ClNS. The molecule has 0 atom stereocenters. The maximum Gasteiger partial charge on any atom is 0.0584 e. The first-order chi connectivity index (χ1) is 6.86. The number of benzene rings is 1. The topological polar surface area (TPSA) is 12.9 Å². The third-order valence-electron chi connectivity index (χ3n) is 2.25. The summed E-state index contributed by atoms with van der Waals surface area (Å²) in [5.41, 5.74) is 0. The van der Waals surface area contributed by atoms with Gasteiger partial charge in [-0.3, -0.25) is 4.98 Å². The van der Waals surface area contributed by atoms with Crippen molar-refractivity contribution >= 4 is 43.1 Å². The normalized spacial score (nSPS) is 11.2. The molecule has 0 aliphatic carbocycles. The number of pyridine rings is 1. The van der Waals surface area contributed by atoms with Gasteiger partial charge in [0.25, 0.3) is 0 Å². The van der Waals surface area contributed by atoms with Crippen LogP contribution in [-0.4, -0.2) is 4.98 Å². The third kappa shape index (κ3) is 1.04. The summed E-state index contributed by atoms with van der Waals surface area (Å²) in [4.78, 5) is 4.13. The number of nitrogens with zero attached hydrogens (tertiary/aromatic N) is 1. The van der Waals surface area contributed by atoms with E-state index in [1.54, 1.807) is 11.3 Å². The zero-order chi connectivity index (χ0) is 9.54. The molecule has 0 bridgehead atoms. The van der Waals surface area contributed by atoms with Crippen LogP contribution in [0.25, 0.3) is 20.2 Å². The minimum atomic E-state index is 0.823. The summed E-state index contributed by atoms with van der Waals surface area (Å²) in [6.07, 6.45) is 3.70. The van der Waals surface area contributed by atoms with E-state index in [4.69, 9.17) is 11.6 Å². The Morgan fingerprint density at radius 3 is 3.00 bits per heavy atom. The number of halogens is 1. The smallest absolute Gasteiger partial charge is 0.0584 e. The summed E-state index contributed by atoms with van der Waals surface area (Å²) in [5.74, 6) is 0. The highest BCUT2D eigenvalue weighted by molar-refractivity contribution is 7.26. The summed E-state index contributed by atoms with van der Waals surface area (Å²) >= 11 is 7.83. The van der Waals surface area contributed by atoms with Crippen LogP contribution in [0.2, 0.25) is 5.02 Å². The summed E-state index contributed by atoms with van der Waals surface area (Å²) in [6, 6.07) is 8.01. The Labute approximate surface area is 90.0 Å². The quantitative estimate of drug-likeness (QED) is 0.555. The van der Waals surface area contributed by atoms with E-state index in [-0.39, 0.29) is 0 Å². The molecule has 1 aromatic carbocycles. The maximum absolute atomic E-state index is 6.12. The van der Waals surface area contributed by atoms with Gasteiger partial charge in [0.1, 0.15) is 0 Å². The fraction of sp³-hybridized carbons (Fsp3) is 0. The van der Waals surface area contributed by atoms with Crippen molar-refractivity contribution in [3.05, 3.63) is 41.7 Å². The van der Waals surface area contributed by atoms with Gasteiger partial charge in [-0.15, -0.1) is 11.3 Å². The SMILES string of the molecule is Clc1cccc2c1sc1ccncc12. The number of hydrogen-bond acceptors (Lipinski definition) is 2. The van der Waals surface area contributed by atoms with Gasteiger partial charge in [-0.25, -0.2) is 0 Å². The van der Waals surface area contributed by atoms with Gasteiger partial charge in [0.15, 0.2) is 0 Å². The van der Waals surface area contributed by atoms with Gasteiger partial charge in [0.05, 0.1) is 9.72 Å². The predicted octanol–water partition coefficient (Wildman–Crippen LogP) is 4.10. The Morgan fingerprint density at radius 1 is 1.14 bits per heavy atom. The Morgan fingerprint density at radius 2 is 2.07 bits per heavy atom. The lowest BCUT2D eigenvalue weighted by Gasteiger charge is -1.91. The third-order valence-corrected chi connectivity index (χ3v) is 3.90. The van der Waals surface area contributed by atoms with Crippen LogP contribution in [0.3, 0.4) is 0 Å². The van der Waals surface area contributed by atoms with Gasteiger partial charge in [-0.05, 0) is 12.1 Å². The first-order valence-electron chi connectivity index (χ1n) is 4.27. The second-order valence-corrected chi connectivity index (χ2v) is 4.55. The first-order valence-corrected chi connectivity index (χ1v) is 5.46. The van der Waals surface area contributed by atoms with Gasteiger partial charge in [-0.2, -0.15) is 0 Å². The van der Waals surface area contributed by atoms with Crippen molar-refractivity contribution in [3.63, 3.8) is 0 Å². The molecule has 68 valence electrons. The fourth-order valence-corrected chi connectivity index (χ4v) is 2.97. The van der Waals surface area contributed by atoms with Gasteiger partial charge in [0, 0.05) is 27.9 Å². The van der Waals surface area contributed by atoms with E-state index in [9.17, 15) is 0 Å². The van der Waals surface area contributed by atoms with Crippen LogP contribution < -0.4 is 0 Å². The van der Waals surface area contributed by atoms with E-state index < -0.39 is 0 Å². The molecule has 0 radical (unpaired) electrons. The molecule has 14 heavy (non-hydrogen) atoms. The van der Waals surface area contributed by atoms with Crippen molar-refractivity contribution < 1.29 is 0 Å². The average Bonchev–Trinajstić information content (AvgIpc) is 2.59. The first kappa shape index (κ1) is 8.21. The molecule has 0 N–H and O–H groups in total. The zero-order valence-electron chi connectivity index (χ0n) is 7.20. The second-order valence-electron chi connectivity index (χ2n) is 3.09. The second kappa shape index (κ2) is 2.94. The van der Waals surface area contributed by atoms with E-state index in [0.29, 0.717) is 0 Å². The van der Waals surface area contributed by atoms with Crippen molar-refractivity contribution in [2.24, 2.45) is 0 Å². The van der Waals surface area contributed by atoms with E-state index in [1.807, 2.05) is 30.6 Å². The summed E-state index contributed by atoms with van der Waals surface area (Å²) in [7, 11) is 0. The molecule has 0 spiro atoms. The van der Waals surface area contributed by atoms with E-state index in [0.717, 1.165) is 9.72 Å². The molecule has 3 rings (SSSR count). The summed E-state index contributed by atoms with van der Waals surface area (Å²) in [5, 5.41) is 3.21. The lowest BCUT2D eigenvalue weighted by Crippen LogP contribution is -1.68. The molecule has 2 heterocycles. The highest BCUT2D eigenvalue weighted by Gasteiger charge is 2.06. The predicted molar refractivity (Wildman–Crippen MR) is 62.1 cm³/mol. The van der Waals surface area contributed by atoms with E-state index in [1.165, 1.54) is 15.5 Å². The minimum absolute atomic E-state index is 0.823. The molecule has 0 amide bonds. The van der Waals surface area contributed by atoms with Gasteiger partial charge >= 0.3 is 0 Å². The van der Waals surface area contributed by atoms with Crippen LogP contribution in [-0.2, 0) is 0 Å². The molecule has 0 aliphatic heterocycles. The van der Waals surface area contributed by atoms with Crippen molar-refractivity contribution in [2.45, 2.75) is 0 Å². The maximum atomic E-state index is 6.12. The standard InChI is InChI=1S/C11H6ClNS/c12-9-3-1-2-7-8-6-13-5-4-10(8)14-11(7)9/h1-6H. The van der Waals surface area contributed by atoms with Crippen LogP contribution in [0, 0.1) is 0 Å². The molecule has 0 unspecified atom stereocenters. The van der Waals surface area contributed by atoms with Gasteiger partial charge < -0.3 is 0 Å². The lowest BCUT2D eigenvalue weighted by molar-refractivity contribution is 1.37. The number of aromatic nitrogens is 1. The number of hydrogen-bond donors (Lipinski definition) is 0. The number of rotatable bonds is 0. The van der Waals surface area contributed by atoms with E-state index >= 15 is 0 Å². The van der Waals surface area contributed by atoms with E-state index in [2.05, 4.69) is 11.1 Å². The molecule has 0 aliphatic rings. The Bertz CT molecular complexity index is 615.